The van der Waals surface area contributed by atoms with Crippen molar-refractivity contribution in [1.82, 2.24) is 9.78 Å². The van der Waals surface area contributed by atoms with E-state index in [0.717, 1.165) is 5.69 Å². The summed E-state index contributed by atoms with van der Waals surface area (Å²) < 4.78 is 14.9. The number of aromatic nitrogens is 2. The standard InChI is InChI=1S/C13H14ClFN2O/c1-7-12(8(2)17(3)16-7)13(18)10-6-9(15)4-5-11(10)14/h4-6,13,18H,1-3H3. The molecular formula is C13H14ClFN2O. The molecule has 1 aromatic heterocycles. The van der Waals surface area contributed by atoms with E-state index in [-0.39, 0.29) is 0 Å². The largest absolute Gasteiger partial charge is 0.383 e. The Bertz CT molecular complexity index is 595. The van der Waals surface area contributed by atoms with Crippen LogP contribution in [0.1, 0.15) is 28.6 Å². The molecule has 1 atom stereocenters. The predicted molar refractivity (Wildman–Crippen MR) is 68.2 cm³/mol. The highest BCUT2D eigenvalue weighted by atomic mass is 35.5. The fraction of sp³-hybridized carbons (Fsp3) is 0.308. The number of aliphatic hydroxyl groups is 1. The molecule has 1 heterocycles. The van der Waals surface area contributed by atoms with Gasteiger partial charge in [-0.1, -0.05) is 11.6 Å². The van der Waals surface area contributed by atoms with Crippen molar-refractivity contribution in [2.45, 2.75) is 20.0 Å². The van der Waals surface area contributed by atoms with Crippen LogP contribution in [0, 0.1) is 19.7 Å². The van der Waals surface area contributed by atoms with E-state index in [1.165, 1.54) is 18.2 Å². The molecular weight excluding hydrogens is 255 g/mol. The number of nitrogens with zero attached hydrogens (tertiary/aromatic N) is 2. The third-order valence-electron chi connectivity index (χ3n) is 3.09. The highest BCUT2D eigenvalue weighted by Crippen LogP contribution is 2.32. The first-order valence-electron chi connectivity index (χ1n) is 5.55. The van der Waals surface area contributed by atoms with Crippen LogP contribution in [0.5, 0.6) is 0 Å². The first kappa shape index (κ1) is 13.1. The summed E-state index contributed by atoms with van der Waals surface area (Å²) in [6.45, 7) is 3.66. The maximum atomic E-state index is 13.2. The lowest BCUT2D eigenvalue weighted by molar-refractivity contribution is 0.218. The van der Waals surface area contributed by atoms with Crippen molar-refractivity contribution in [1.29, 1.82) is 0 Å². The molecule has 18 heavy (non-hydrogen) atoms. The monoisotopic (exact) mass is 268 g/mol. The molecule has 0 aliphatic carbocycles. The van der Waals surface area contributed by atoms with Gasteiger partial charge >= 0.3 is 0 Å². The maximum Gasteiger partial charge on any atom is 0.123 e. The van der Waals surface area contributed by atoms with E-state index in [2.05, 4.69) is 5.10 Å². The van der Waals surface area contributed by atoms with Crippen molar-refractivity contribution < 1.29 is 9.50 Å². The molecule has 0 spiro atoms. The van der Waals surface area contributed by atoms with Crippen LogP contribution in [-0.4, -0.2) is 14.9 Å². The summed E-state index contributed by atoms with van der Waals surface area (Å²) in [7, 11) is 1.80. The lowest BCUT2D eigenvalue weighted by atomic mass is 10.00. The molecule has 2 aromatic rings. The highest BCUT2D eigenvalue weighted by Gasteiger charge is 2.22. The average molecular weight is 269 g/mol. The predicted octanol–water partition coefficient (Wildman–Crippen LogP) is 2.91. The van der Waals surface area contributed by atoms with Crippen molar-refractivity contribution >= 4 is 11.6 Å². The molecule has 5 heteroatoms. The molecule has 1 unspecified atom stereocenters. The van der Waals surface area contributed by atoms with Crippen molar-refractivity contribution in [2.75, 3.05) is 0 Å². The molecule has 0 saturated carbocycles. The quantitative estimate of drug-likeness (QED) is 0.909. The van der Waals surface area contributed by atoms with E-state index in [1.54, 1.807) is 18.7 Å². The SMILES string of the molecule is Cc1nn(C)c(C)c1C(O)c1cc(F)ccc1Cl. The third kappa shape index (κ3) is 2.13. The van der Waals surface area contributed by atoms with Gasteiger partial charge in [0, 0.05) is 28.9 Å². The van der Waals surface area contributed by atoms with Gasteiger partial charge in [0.25, 0.3) is 0 Å². The van der Waals surface area contributed by atoms with Crippen LogP contribution in [0.15, 0.2) is 18.2 Å². The van der Waals surface area contributed by atoms with Crippen molar-refractivity contribution in [3.63, 3.8) is 0 Å². The van der Waals surface area contributed by atoms with Crippen LogP contribution in [0.2, 0.25) is 5.02 Å². The second kappa shape index (κ2) is 4.71. The molecule has 0 bridgehead atoms. The van der Waals surface area contributed by atoms with Gasteiger partial charge in [0.1, 0.15) is 11.9 Å². The van der Waals surface area contributed by atoms with Gasteiger partial charge in [-0.15, -0.1) is 0 Å². The highest BCUT2D eigenvalue weighted by molar-refractivity contribution is 6.31. The number of hydrogen-bond acceptors (Lipinski definition) is 2. The van der Waals surface area contributed by atoms with Gasteiger partial charge in [0.05, 0.1) is 5.69 Å². The Morgan fingerprint density at radius 3 is 2.61 bits per heavy atom. The molecule has 1 N–H and O–H groups in total. The maximum absolute atomic E-state index is 13.2. The molecule has 0 aliphatic heterocycles. The Hall–Kier alpha value is -1.39. The number of hydrogen-bond donors (Lipinski definition) is 1. The smallest absolute Gasteiger partial charge is 0.123 e. The molecule has 1 aromatic carbocycles. The lowest BCUT2D eigenvalue weighted by Crippen LogP contribution is -2.04. The molecule has 0 amide bonds. The second-order valence-corrected chi connectivity index (χ2v) is 4.68. The van der Waals surface area contributed by atoms with Gasteiger partial charge < -0.3 is 5.11 Å². The number of rotatable bonds is 2. The van der Waals surface area contributed by atoms with Crippen LogP contribution in [-0.2, 0) is 7.05 Å². The van der Waals surface area contributed by atoms with Crippen LogP contribution >= 0.6 is 11.6 Å². The molecule has 0 aliphatic rings. The van der Waals surface area contributed by atoms with Crippen LogP contribution < -0.4 is 0 Å². The Kier molecular flexibility index (Phi) is 3.41. The minimum Gasteiger partial charge on any atom is -0.383 e. The first-order valence-corrected chi connectivity index (χ1v) is 5.92. The fourth-order valence-electron chi connectivity index (χ4n) is 2.07. The zero-order chi connectivity index (χ0) is 13.4. The molecule has 2 rings (SSSR count). The summed E-state index contributed by atoms with van der Waals surface area (Å²) in [5, 5.41) is 14.9. The van der Waals surface area contributed by atoms with Gasteiger partial charge in [-0.2, -0.15) is 5.10 Å². The van der Waals surface area contributed by atoms with E-state index in [4.69, 9.17) is 11.6 Å². The lowest BCUT2D eigenvalue weighted by Gasteiger charge is -2.13. The van der Waals surface area contributed by atoms with Gasteiger partial charge in [-0.25, -0.2) is 4.39 Å². The number of halogens is 2. The minimum atomic E-state index is -0.970. The zero-order valence-electron chi connectivity index (χ0n) is 10.4. The molecule has 0 fully saturated rings. The Morgan fingerprint density at radius 2 is 2.06 bits per heavy atom. The summed E-state index contributed by atoms with van der Waals surface area (Å²) in [5.41, 5.74) is 2.57. The molecule has 96 valence electrons. The van der Waals surface area contributed by atoms with Gasteiger partial charge in [0.15, 0.2) is 0 Å². The Balaban J connectivity index is 2.54. The van der Waals surface area contributed by atoms with Gasteiger partial charge in [-0.05, 0) is 32.0 Å². The molecule has 0 radical (unpaired) electrons. The summed E-state index contributed by atoms with van der Waals surface area (Å²) in [4.78, 5) is 0. The number of aliphatic hydroxyl groups excluding tert-OH is 1. The first-order chi connectivity index (χ1) is 8.41. The Morgan fingerprint density at radius 1 is 1.39 bits per heavy atom. The van der Waals surface area contributed by atoms with E-state index in [1.807, 2.05) is 6.92 Å². The van der Waals surface area contributed by atoms with Crippen LogP contribution in [0.25, 0.3) is 0 Å². The number of benzene rings is 1. The summed E-state index contributed by atoms with van der Waals surface area (Å²) in [6.07, 6.45) is -0.970. The summed E-state index contributed by atoms with van der Waals surface area (Å²) in [6, 6.07) is 3.96. The topological polar surface area (TPSA) is 38.0 Å². The summed E-state index contributed by atoms with van der Waals surface area (Å²) >= 11 is 6.00. The Labute approximate surface area is 110 Å². The normalized spacial score (nSPS) is 12.8. The van der Waals surface area contributed by atoms with Crippen LogP contribution in [0.3, 0.4) is 0 Å². The third-order valence-corrected chi connectivity index (χ3v) is 3.44. The van der Waals surface area contributed by atoms with Crippen molar-refractivity contribution in [2.24, 2.45) is 7.05 Å². The second-order valence-electron chi connectivity index (χ2n) is 4.28. The van der Waals surface area contributed by atoms with Crippen molar-refractivity contribution in [3.8, 4) is 0 Å². The van der Waals surface area contributed by atoms with Crippen LogP contribution in [0.4, 0.5) is 4.39 Å². The zero-order valence-corrected chi connectivity index (χ0v) is 11.2. The van der Waals surface area contributed by atoms with Gasteiger partial charge in [-0.3, -0.25) is 4.68 Å². The minimum absolute atomic E-state index is 0.339. The summed E-state index contributed by atoms with van der Waals surface area (Å²) in [5.74, 6) is -0.423. The molecule has 0 saturated heterocycles. The number of aryl methyl sites for hydroxylation is 2. The molecule has 3 nitrogen and oxygen atoms in total. The fourth-order valence-corrected chi connectivity index (χ4v) is 2.29. The van der Waals surface area contributed by atoms with Crippen molar-refractivity contribution in [3.05, 3.63) is 51.6 Å². The van der Waals surface area contributed by atoms with Gasteiger partial charge in [0.2, 0.25) is 0 Å². The average Bonchev–Trinajstić information content (AvgIpc) is 2.56. The van der Waals surface area contributed by atoms with E-state index >= 15 is 0 Å². The van der Waals surface area contributed by atoms with E-state index in [9.17, 15) is 9.50 Å². The van der Waals surface area contributed by atoms with E-state index in [0.29, 0.717) is 21.8 Å². The van der Waals surface area contributed by atoms with E-state index < -0.39 is 11.9 Å².